The molecule has 114 valence electrons. The molecule has 1 aromatic rings. The maximum absolute atomic E-state index is 11.2. The first-order chi connectivity index (χ1) is 10.2. The molecule has 3 N–H and O–H groups in total. The van der Waals surface area contributed by atoms with E-state index in [0.29, 0.717) is 6.04 Å². The first-order valence-electron chi connectivity index (χ1n) is 8.02. The third kappa shape index (κ3) is 3.97. The fraction of sp³-hybridized carbons (Fsp3) is 0.588. The zero-order valence-corrected chi connectivity index (χ0v) is 12.3. The molecule has 1 amide bonds. The molecule has 2 aliphatic carbocycles. The lowest BCUT2D eigenvalue weighted by molar-refractivity contribution is -0.118. The van der Waals surface area contributed by atoms with Crippen molar-refractivity contribution in [3.63, 3.8) is 0 Å². The molecule has 0 spiro atoms. The number of rotatable bonds is 5. The second kappa shape index (κ2) is 6.48. The first-order valence-corrected chi connectivity index (χ1v) is 8.02. The summed E-state index contributed by atoms with van der Waals surface area (Å²) in [6, 6.07) is 8.29. The summed E-state index contributed by atoms with van der Waals surface area (Å²) < 4.78 is 0. The Kier molecular flexibility index (Phi) is 4.44. The van der Waals surface area contributed by atoms with Crippen molar-refractivity contribution in [1.29, 1.82) is 0 Å². The van der Waals surface area contributed by atoms with Crippen LogP contribution in [0.3, 0.4) is 0 Å². The average Bonchev–Trinajstić information content (AvgIpc) is 3.32. The molecule has 4 nitrogen and oxygen atoms in total. The molecule has 1 aromatic carbocycles. The summed E-state index contributed by atoms with van der Waals surface area (Å²) in [5, 5.41) is 15.1. The summed E-state index contributed by atoms with van der Waals surface area (Å²) in [5.74, 6) is 1.52. The number of anilines is 2. The van der Waals surface area contributed by atoms with Crippen LogP contribution in [0, 0.1) is 11.8 Å². The summed E-state index contributed by atoms with van der Waals surface area (Å²) in [4.78, 5) is 11.2. The Hall–Kier alpha value is -1.55. The van der Waals surface area contributed by atoms with Crippen LogP contribution in [0.15, 0.2) is 24.3 Å². The molecule has 2 atom stereocenters. The van der Waals surface area contributed by atoms with E-state index in [1.54, 1.807) is 0 Å². The summed E-state index contributed by atoms with van der Waals surface area (Å²) in [7, 11) is 0. The molecule has 21 heavy (non-hydrogen) atoms. The third-order valence-corrected chi connectivity index (χ3v) is 4.66. The monoisotopic (exact) mass is 288 g/mol. The number of carbonyl (C=O) groups is 1. The molecule has 0 unspecified atom stereocenters. The van der Waals surface area contributed by atoms with Gasteiger partial charge in [-0.25, -0.2) is 0 Å². The average molecular weight is 288 g/mol. The van der Waals surface area contributed by atoms with E-state index in [-0.39, 0.29) is 5.91 Å². The van der Waals surface area contributed by atoms with Gasteiger partial charge in [-0.2, -0.15) is 0 Å². The number of aliphatic hydroxyl groups excluding tert-OH is 1. The van der Waals surface area contributed by atoms with Crippen LogP contribution in [0.1, 0.15) is 38.5 Å². The summed E-state index contributed by atoms with van der Waals surface area (Å²) in [5.41, 5.74) is 1.78. The molecule has 2 fully saturated rings. The van der Waals surface area contributed by atoms with Gasteiger partial charge < -0.3 is 15.7 Å². The lowest BCUT2D eigenvalue weighted by atomic mass is 9.82. The molecule has 3 rings (SSSR count). The predicted octanol–water partition coefficient (Wildman–Crippen LogP) is 3.00. The van der Waals surface area contributed by atoms with Crippen molar-refractivity contribution in [2.24, 2.45) is 11.8 Å². The fourth-order valence-corrected chi connectivity index (χ4v) is 3.48. The highest BCUT2D eigenvalue weighted by atomic mass is 16.3. The minimum absolute atomic E-state index is 0.376. The van der Waals surface area contributed by atoms with Crippen LogP contribution in [-0.4, -0.2) is 23.7 Å². The highest BCUT2D eigenvalue weighted by molar-refractivity contribution is 5.91. The number of hydrogen-bond donors (Lipinski definition) is 3. The largest absolute Gasteiger partial charge is 0.387 e. The number of hydrogen-bond acceptors (Lipinski definition) is 3. The Labute approximate surface area is 125 Å². The number of benzene rings is 1. The molecule has 0 heterocycles. The maximum Gasteiger partial charge on any atom is 0.250 e. The SMILES string of the molecule is O=C(CO)Nc1cccc(N[C@H]2CCC[C@H](C3CC3)C2)c1. The molecule has 0 radical (unpaired) electrons. The molecular formula is C17H24N2O2. The highest BCUT2D eigenvalue weighted by Gasteiger charge is 2.34. The topological polar surface area (TPSA) is 61.4 Å². The number of amides is 1. The van der Waals surface area contributed by atoms with Gasteiger partial charge in [0.05, 0.1) is 0 Å². The van der Waals surface area contributed by atoms with Crippen molar-refractivity contribution < 1.29 is 9.90 Å². The predicted molar refractivity (Wildman–Crippen MR) is 84.3 cm³/mol. The van der Waals surface area contributed by atoms with Gasteiger partial charge in [0.1, 0.15) is 6.61 Å². The van der Waals surface area contributed by atoms with Crippen LogP contribution in [0.4, 0.5) is 11.4 Å². The van der Waals surface area contributed by atoms with Gasteiger partial charge in [0.15, 0.2) is 0 Å². The Morgan fingerprint density at radius 3 is 2.71 bits per heavy atom. The summed E-state index contributed by atoms with van der Waals surface area (Å²) in [6.07, 6.45) is 8.09. The van der Waals surface area contributed by atoms with Crippen molar-refractivity contribution in [1.82, 2.24) is 0 Å². The Bertz CT molecular complexity index is 499. The van der Waals surface area contributed by atoms with Crippen LogP contribution >= 0.6 is 0 Å². The molecular weight excluding hydrogens is 264 g/mol. The zero-order valence-electron chi connectivity index (χ0n) is 12.3. The Morgan fingerprint density at radius 2 is 1.95 bits per heavy atom. The minimum Gasteiger partial charge on any atom is -0.387 e. The van der Waals surface area contributed by atoms with Crippen molar-refractivity contribution in [3.8, 4) is 0 Å². The van der Waals surface area contributed by atoms with E-state index in [4.69, 9.17) is 5.11 Å². The molecule has 4 heteroatoms. The van der Waals surface area contributed by atoms with Gasteiger partial charge >= 0.3 is 0 Å². The maximum atomic E-state index is 11.2. The standard InChI is InChI=1S/C17H24N2O2/c20-11-17(21)19-16-6-2-5-15(10-16)18-14-4-1-3-13(9-14)12-7-8-12/h2,5-6,10,12-14,18,20H,1,3-4,7-9,11H2,(H,19,21)/t13-,14-/m0/s1. The van der Waals surface area contributed by atoms with Gasteiger partial charge in [-0.1, -0.05) is 18.9 Å². The van der Waals surface area contributed by atoms with Gasteiger partial charge in [0.2, 0.25) is 5.91 Å². The van der Waals surface area contributed by atoms with E-state index >= 15 is 0 Å². The zero-order chi connectivity index (χ0) is 14.7. The minimum atomic E-state index is -0.483. The molecule has 2 saturated carbocycles. The summed E-state index contributed by atoms with van der Waals surface area (Å²) >= 11 is 0. The quantitative estimate of drug-likeness (QED) is 0.780. The Balaban J connectivity index is 1.58. The molecule has 0 bridgehead atoms. The number of nitrogens with one attached hydrogen (secondary N) is 2. The van der Waals surface area contributed by atoms with Crippen LogP contribution in [0.25, 0.3) is 0 Å². The molecule has 2 aliphatic rings. The van der Waals surface area contributed by atoms with E-state index in [0.717, 1.165) is 23.2 Å². The van der Waals surface area contributed by atoms with Crippen LogP contribution in [-0.2, 0) is 4.79 Å². The van der Waals surface area contributed by atoms with Gasteiger partial charge in [0, 0.05) is 17.4 Å². The number of aliphatic hydroxyl groups is 1. The second-order valence-electron chi connectivity index (χ2n) is 6.39. The van der Waals surface area contributed by atoms with Gasteiger partial charge in [-0.05, 0) is 55.7 Å². The van der Waals surface area contributed by atoms with Gasteiger partial charge in [-0.3, -0.25) is 4.79 Å². The van der Waals surface area contributed by atoms with E-state index in [1.165, 1.54) is 38.5 Å². The van der Waals surface area contributed by atoms with Crippen molar-refractivity contribution >= 4 is 17.3 Å². The van der Waals surface area contributed by atoms with Crippen molar-refractivity contribution in [2.45, 2.75) is 44.6 Å². The Morgan fingerprint density at radius 1 is 1.14 bits per heavy atom. The normalized spacial score (nSPS) is 25.4. The highest BCUT2D eigenvalue weighted by Crippen LogP contribution is 2.44. The number of carbonyl (C=O) groups excluding carboxylic acids is 1. The van der Waals surface area contributed by atoms with E-state index in [9.17, 15) is 4.79 Å². The lowest BCUT2D eigenvalue weighted by Gasteiger charge is -2.30. The van der Waals surface area contributed by atoms with Crippen LogP contribution < -0.4 is 10.6 Å². The van der Waals surface area contributed by atoms with Crippen LogP contribution in [0.5, 0.6) is 0 Å². The first kappa shape index (κ1) is 14.4. The molecule has 0 aliphatic heterocycles. The van der Waals surface area contributed by atoms with Crippen LogP contribution in [0.2, 0.25) is 0 Å². The second-order valence-corrected chi connectivity index (χ2v) is 6.39. The van der Waals surface area contributed by atoms with Gasteiger partial charge in [0.25, 0.3) is 0 Å². The summed E-state index contributed by atoms with van der Waals surface area (Å²) in [6.45, 7) is -0.483. The third-order valence-electron chi connectivity index (χ3n) is 4.66. The molecule has 0 saturated heterocycles. The van der Waals surface area contributed by atoms with E-state index in [2.05, 4.69) is 10.6 Å². The van der Waals surface area contributed by atoms with Crippen molar-refractivity contribution in [2.75, 3.05) is 17.2 Å². The lowest BCUT2D eigenvalue weighted by Crippen LogP contribution is -2.28. The van der Waals surface area contributed by atoms with E-state index in [1.807, 2.05) is 24.3 Å². The fourth-order valence-electron chi connectivity index (χ4n) is 3.48. The van der Waals surface area contributed by atoms with Gasteiger partial charge in [-0.15, -0.1) is 0 Å². The smallest absolute Gasteiger partial charge is 0.250 e. The van der Waals surface area contributed by atoms with Crippen molar-refractivity contribution in [3.05, 3.63) is 24.3 Å². The van der Waals surface area contributed by atoms with E-state index < -0.39 is 6.61 Å². The molecule has 0 aromatic heterocycles.